The van der Waals surface area contributed by atoms with Crippen molar-refractivity contribution in [3.05, 3.63) is 18.0 Å². The predicted octanol–water partition coefficient (Wildman–Crippen LogP) is -1.89. The molecule has 2 amide bonds. The largest absolute Gasteiger partial charge is 0.347 e. The Morgan fingerprint density at radius 2 is 2.12 bits per heavy atom. The number of nitrogens with zero attached hydrogens (tertiary/aromatic N) is 2. The van der Waals surface area contributed by atoms with E-state index in [9.17, 15) is 9.59 Å². The first-order valence-corrected chi connectivity index (χ1v) is 4.88. The van der Waals surface area contributed by atoms with Crippen LogP contribution in [0.3, 0.4) is 0 Å². The van der Waals surface area contributed by atoms with E-state index >= 15 is 0 Å². The summed E-state index contributed by atoms with van der Waals surface area (Å²) in [5, 5.41) is 8.88. The summed E-state index contributed by atoms with van der Waals surface area (Å²) in [5.41, 5.74) is 5.88. The number of carbonyl (C=O) groups is 2. The van der Waals surface area contributed by atoms with Gasteiger partial charge in [-0.3, -0.25) is 14.3 Å². The van der Waals surface area contributed by atoms with Crippen molar-refractivity contribution in [2.45, 2.75) is 6.54 Å². The summed E-state index contributed by atoms with van der Waals surface area (Å²) in [6.45, 7) is 0.824. The Balaban J connectivity index is 2.32. The average Bonchev–Trinajstić information content (AvgIpc) is 2.68. The molecule has 0 bridgehead atoms. The molecule has 0 atom stereocenters. The van der Waals surface area contributed by atoms with E-state index in [2.05, 4.69) is 15.7 Å². The lowest BCUT2D eigenvalue weighted by molar-refractivity contribution is -0.139. The number of nitrogens with one attached hydrogen (secondary N) is 2. The average molecular weight is 225 g/mol. The molecule has 1 rings (SSSR count). The monoisotopic (exact) mass is 225 g/mol. The fraction of sp³-hybridized carbons (Fsp3) is 0.444. The summed E-state index contributed by atoms with van der Waals surface area (Å²) in [6, 6.07) is 1.76. The van der Waals surface area contributed by atoms with Crippen LogP contribution >= 0.6 is 0 Å². The number of aromatic nitrogens is 2. The molecular weight excluding hydrogens is 210 g/mol. The smallest absolute Gasteiger partial charge is 0.309 e. The number of aryl methyl sites for hydroxylation is 1. The number of rotatable bonds is 4. The molecule has 0 fully saturated rings. The zero-order valence-corrected chi connectivity index (χ0v) is 9.06. The van der Waals surface area contributed by atoms with Crippen LogP contribution < -0.4 is 16.4 Å². The molecule has 7 heteroatoms. The molecule has 16 heavy (non-hydrogen) atoms. The maximum absolute atomic E-state index is 11.2. The van der Waals surface area contributed by atoms with Gasteiger partial charge in [-0.05, 0) is 6.07 Å². The van der Waals surface area contributed by atoms with Crippen molar-refractivity contribution >= 4 is 11.8 Å². The Bertz CT molecular complexity index is 374. The Labute approximate surface area is 93.0 Å². The quantitative estimate of drug-likeness (QED) is 0.521. The third-order valence-electron chi connectivity index (χ3n) is 1.84. The lowest BCUT2D eigenvalue weighted by Gasteiger charge is -2.03. The van der Waals surface area contributed by atoms with Gasteiger partial charge in [0, 0.05) is 26.3 Å². The van der Waals surface area contributed by atoms with Gasteiger partial charge in [0.2, 0.25) is 0 Å². The van der Waals surface area contributed by atoms with Crippen LogP contribution in [0.15, 0.2) is 12.3 Å². The third-order valence-corrected chi connectivity index (χ3v) is 1.84. The van der Waals surface area contributed by atoms with Crippen LogP contribution in [0.25, 0.3) is 0 Å². The van der Waals surface area contributed by atoms with Crippen LogP contribution in [-0.2, 0) is 23.2 Å². The van der Waals surface area contributed by atoms with Crippen LogP contribution in [0.2, 0.25) is 0 Å². The van der Waals surface area contributed by atoms with Gasteiger partial charge in [-0.2, -0.15) is 5.10 Å². The minimum Gasteiger partial charge on any atom is -0.347 e. The molecule has 1 aromatic rings. The maximum Gasteiger partial charge on any atom is 0.309 e. The van der Waals surface area contributed by atoms with E-state index in [-0.39, 0.29) is 13.1 Å². The molecule has 1 heterocycles. The summed E-state index contributed by atoms with van der Waals surface area (Å²) in [7, 11) is 1.78. The zero-order valence-electron chi connectivity index (χ0n) is 9.06. The van der Waals surface area contributed by atoms with E-state index in [1.807, 2.05) is 0 Å². The molecule has 0 saturated carbocycles. The van der Waals surface area contributed by atoms with Gasteiger partial charge in [0.05, 0.1) is 12.2 Å². The second-order valence-electron chi connectivity index (χ2n) is 3.21. The highest BCUT2D eigenvalue weighted by molar-refractivity contribution is 6.35. The van der Waals surface area contributed by atoms with Crippen molar-refractivity contribution in [2.24, 2.45) is 12.8 Å². The van der Waals surface area contributed by atoms with Crippen molar-refractivity contribution < 1.29 is 9.59 Å². The number of nitrogens with two attached hydrogens (primary N) is 1. The second-order valence-corrected chi connectivity index (χ2v) is 3.21. The molecule has 0 saturated heterocycles. The zero-order chi connectivity index (χ0) is 12.0. The highest BCUT2D eigenvalue weighted by Gasteiger charge is 2.12. The minimum absolute atomic E-state index is 0.232. The van der Waals surface area contributed by atoms with E-state index in [1.165, 1.54) is 0 Å². The highest BCUT2D eigenvalue weighted by Crippen LogP contribution is 1.92. The predicted molar refractivity (Wildman–Crippen MR) is 57.1 cm³/mol. The third kappa shape index (κ3) is 3.70. The standard InChI is InChI=1S/C9H15N5O2/c1-14-5-2-7(13-14)6-12-9(16)8(15)11-4-3-10/h2,5H,3-4,6,10H2,1H3,(H,11,15)(H,12,16). The lowest BCUT2D eigenvalue weighted by atomic mass is 10.4. The van der Waals surface area contributed by atoms with Gasteiger partial charge in [-0.1, -0.05) is 0 Å². The molecule has 4 N–H and O–H groups in total. The van der Waals surface area contributed by atoms with Gasteiger partial charge < -0.3 is 16.4 Å². The van der Waals surface area contributed by atoms with Crippen molar-refractivity contribution in [3.8, 4) is 0 Å². The van der Waals surface area contributed by atoms with Gasteiger partial charge in [0.1, 0.15) is 0 Å². The van der Waals surface area contributed by atoms with E-state index in [0.29, 0.717) is 12.2 Å². The maximum atomic E-state index is 11.2. The molecular formula is C9H15N5O2. The Hall–Kier alpha value is -1.89. The SMILES string of the molecule is Cn1ccc(CNC(=O)C(=O)NCCN)n1. The molecule has 0 aliphatic carbocycles. The van der Waals surface area contributed by atoms with Gasteiger partial charge in [-0.15, -0.1) is 0 Å². The first kappa shape index (κ1) is 12.2. The van der Waals surface area contributed by atoms with E-state index in [4.69, 9.17) is 5.73 Å². The lowest BCUT2D eigenvalue weighted by Crippen LogP contribution is -2.41. The minimum atomic E-state index is -0.681. The normalized spacial score (nSPS) is 9.88. The summed E-state index contributed by atoms with van der Waals surface area (Å²) in [4.78, 5) is 22.4. The fourth-order valence-electron chi connectivity index (χ4n) is 1.07. The second kappa shape index (κ2) is 5.86. The van der Waals surface area contributed by atoms with Crippen molar-refractivity contribution in [1.29, 1.82) is 0 Å². The molecule has 0 aromatic carbocycles. The molecule has 0 spiro atoms. The van der Waals surface area contributed by atoms with Crippen LogP contribution in [0.1, 0.15) is 5.69 Å². The number of hydrogen-bond acceptors (Lipinski definition) is 4. The first-order valence-electron chi connectivity index (χ1n) is 4.88. The van der Waals surface area contributed by atoms with Gasteiger partial charge in [0.25, 0.3) is 0 Å². The highest BCUT2D eigenvalue weighted by atomic mass is 16.2. The van der Waals surface area contributed by atoms with E-state index in [0.717, 1.165) is 0 Å². The first-order chi connectivity index (χ1) is 7.63. The topological polar surface area (TPSA) is 102 Å². The summed E-state index contributed by atoms with van der Waals surface area (Å²) in [6.07, 6.45) is 1.76. The van der Waals surface area contributed by atoms with E-state index in [1.54, 1.807) is 24.0 Å². The number of carbonyl (C=O) groups excluding carboxylic acids is 2. The molecule has 0 aliphatic heterocycles. The molecule has 0 aliphatic rings. The molecule has 88 valence electrons. The Morgan fingerprint density at radius 1 is 1.44 bits per heavy atom. The van der Waals surface area contributed by atoms with Gasteiger partial charge in [-0.25, -0.2) is 0 Å². The van der Waals surface area contributed by atoms with Crippen LogP contribution in [0, 0.1) is 0 Å². The van der Waals surface area contributed by atoms with Crippen molar-refractivity contribution in [2.75, 3.05) is 13.1 Å². The molecule has 0 radical (unpaired) electrons. The number of hydrogen-bond donors (Lipinski definition) is 3. The van der Waals surface area contributed by atoms with Gasteiger partial charge in [0.15, 0.2) is 0 Å². The van der Waals surface area contributed by atoms with E-state index < -0.39 is 11.8 Å². The van der Waals surface area contributed by atoms with Crippen LogP contribution in [0.5, 0.6) is 0 Å². The fourth-order valence-corrected chi connectivity index (χ4v) is 1.07. The van der Waals surface area contributed by atoms with Gasteiger partial charge >= 0.3 is 11.8 Å². The summed E-state index contributed by atoms with van der Waals surface area (Å²) >= 11 is 0. The van der Waals surface area contributed by atoms with Crippen LogP contribution in [-0.4, -0.2) is 34.7 Å². The van der Waals surface area contributed by atoms with Crippen molar-refractivity contribution in [3.63, 3.8) is 0 Å². The molecule has 0 unspecified atom stereocenters. The molecule has 7 nitrogen and oxygen atoms in total. The summed E-state index contributed by atoms with van der Waals surface area (Å²) in [5.74, 6) is -1.36. The van der Waals surface area contributed by atoms with Crippen molar-refractivity contribution in [1.82, 2.24) is 20.4 Å². The molecule has 1 aromatic heterocycles. The number of amides is 2. The van der Waals surface area contributed by atoms with Crippen LogP contribution in [0.4, 0.5) is 0 Å². The Kier molecular flexibility index (Phi) is 4.46. The Morgan fingerprint density at radius 3 is 2.69 bits per heavy atom. The summed E-state index contributed by atoms with van der Waals surface area (Å²) < 4.78 is 1.62.